The van der Waals surface area contributed by atoms with Gasteiger partial charge in [0.15, 0.2) is 0 Å². The number of aromatic amines is 1. The van der Waals surface area contributed by atoms with Gasteiger partial charge in [-0.2, -0.15) is 10.4 Å². The van der Waals surface area contributed by atoms with Gasteiger partial charge in [0.25, 0.3) is 0 Å². The summed E-state index contributed by atoms with van der Waals surface area (Å²) < 4.78 is 0. The highest BCUT2D eigenvalue weighted by Gasteiger charge is 2.04. The molecule has 1 aromatic carbocycles. The number of nitrogens with zero attached hydrogens (tertiary/aromatic N) is 3. The van der Waals surface area contributed by atoms with Gasteiger partial charge in [0.2, 0.25) is 0 Å². The molecule has 0 atom stereocenters. The summed E-state index contributed by atoms with van der Waals surface area (Å²) in [5.41, 5.74) is 4.82. The third kappa shape index (κ3) is 2.57. The van der Waals surface area contributed by atoms with Gasteiger partial charge >= 0.3 is 0 Å². The molecule has 0 aliphatic carbocycles. The molecule has 0 saturated carbocycles. The van der Waals surface area contributed by atoms with E-state index in [1.807, 2.05) is 42.5 Å². The van der Waals surface area contributed by atoms with E-state index in [1.165, 1.54) is 0 Å². The normalized spacial score (nSPS) is 10.2. The third-order valence-electron chi connectivity index (χ3n) is 3.08. The fraction of sp³-hybridized carbons (Fsp3) is 0.0625. The van der Waals surface area contributed by atoms with E-state index in [9.17, 15) is 0 Å². The molecule has 4 heteroatoms. The molecule has 3 rings (SSSR count). The van der Waals surface area contributed by atoms with Gasteiger partial charge in [0, 0.05) is 30.1 Å². The molecule has 0 unspecified atom stereocenters. The summed E-state index contributed by atoms with van der Waals surface area (Å²) in [5.74, 6) is 0. The Kier molecular flexibility index (Phi) is 3.25. The van der Waals surface area contributed by atoms with E-state index in [0.717, 1.165) is 28.9 Å². The number of hydrogen-bond donors (Lipinski definition) is 1. The number of nitriles is 1. The van der Waals surface area contributed by atoms with Crippen LogP contribution < -0.4 is 0 Å². The summed E-state index contributed by atoms with van der Waals surface area (Å²) in [6.45, 7) is 0. The molecule has 0 spiro atoms. The van der Waals surface area contributed by atoms with Gasteiger partial charge in [0.1, 0.15) is 0 Å². The van der Waals surface area contributed by atoms with Crippen molar-refractivity contribution in [2.75, 3.05) is 0 Å². The summed E-state index contributed by atoms with van der Waals surface area (Å²) in [7, 11) is 0. The third-order valence-corrected chi connectivity index (χ3v) is 3.08. The van der Waals surface area contributed by atoms with Crippen molar-refractivity contribution >= 4 is 0 Å². The van der Waals surface area contributed by atoms with Crippen LogP contribution in [0.4, 0.5) is 0 Å². The quantitative estimate of drug-likeness (QED) is 0.787. The Morgan fingerprint density at radius 2 is 1.80 bits per heavy atom. The molecule has 2 aromatic heterocycles. The van der Waals surface area contributed by atoms with Crippen molar-refractivity contribution in [3.05, 3.63) is 71.7 Å². The van der Waals surface area contributed by atoms with E-state index in [2.05, 4.69) is 21.3 Å². The smallest absolute Gasteiger partial charge is 0.0991 e. The molecule has 2 heterocycles. The van der Waals surface area contributed by atoms with Gasteiger partial charge in [-0.25, -0.2) is 0 Å². The van der Waals surface area contributed by atoms with Crippen LogP contribution in [0.3, 0.4) is 0 Å². The molecule has 1 N–H and O–H groups in total. The van der Waals surface area contributed by atoms with Crippen LogP contribution in [0.2, 0.25) is 0 Å². The fourth-order valence-corrected chi connectivity index (χ4v) is 2.04. The van der Waals surface area contributed by atoms with Gasteiger partial charge in [-0.1, -0.05) is 12.1 Å². The monoisotopic (exact) mass is 260 g/mol. The van der Waals surface area contributed by atoms with Crippen LogP contribution in [0.1, 0.15) is 16.8 Å². The molecule has 0 aliphatic rings. The highest BCUT2D eigenvalue weighted by atomic mass is 15.1. The van der Waals surface area contributed by atoms with Crippen LogP contribution in [-0.2, 0) is 6.42 Å². The summed E-state index contributed by atoms with van der Waals surface area (Å²) in [4.78, 5) is 4.00. The van der Waals surface area contributed by atoms with Crippen molar-refractivity contribution in [2.45, 2.75) is 6.42 Å². The molecular weight excluding hydrogens is 248 g/mol. The minimum atomic E-state index is 0.677. The van der Waals surface area contributed by atoms with E-state index in [0.29, 0.717) is 5.56 Å². The first-order chi connectivity index (χ1) is 9.85. The van der Waals surface area contributed by atoms with Gasteiger partial charge in [-0.15, -0.1) is 0 Å². The lowest BCUT2D eigenvalue weighted by Crippen LogP contribution is -1.88. The zero-order valence-electron chi connectivity index (χ0n) is 10.7. The standard InChI is InChI=1S/C16H12N4/c17-11-13-3-1-12(2-4-13)9-15-10-16(20-19-15)14-5-7-18-8-6-14/h1-8,10H,9H2,(H,19,20). The molecular formula is C16H12N4. The molecule has 20 heavy (non-hydrogen) atoms. The molecule has 4 nitrogen and oxygen atoms in total. The first-order valence-electron chi connectivity index (χ1n) is 6.29. The Hall–Kier alpha value is -2.93. The maximum absolute atomic E-state index is 8.78. The molecule has 0 fully saturated rings. The molecule has 0 radical (unpaired) electrons. The lowest BCUT2D eigenvalue weighted by Gasteiger charge is -1.98. The predicted octanol–water partition coefficient (Wildman–Crippen LogP) is 2.93. The Bertz CT molecular complexity index is 736. The minimum absolute atomic E-state index is 0.677. The Balaban J connectivity index is 1.79. The number of benzene rings is 1. The molecule has 0 saturated heterocycles. The Morgan fingerprint density at radius 3 is 2.50 bits per heavy atom. The van der Waals surface area contributed by atoms with Gasteiger partial charge < -0.3 is 0 Å². The maximum atomic E-state index is 8.78. The number of H-pyrrole nitrogens is 1. The summed E-state index contributed by atoms with van der Waals surface area (Å²) in [6, 6.07) is 15.6. The number of hydrogen-bond acceptors (Lipinski definition) is 3. The largest absolute Gasteiger partial charge is 0.282 e. The summed E-state index contributed by atoms with van der Waals surface area (Å²) in [5, 5.41) is 16.1. The van der Waals surface area contributed by atoms with Crippen molar-refractivity contribution in [3.63, 3.8) is 0 Å². The molecule has 0 bridgehead atoms. The Morgan fingerprint density at radius 1 is 1.05 bits per heavy atom. The zero-order chi connectivity index (χ0) is 13.8. The van der Waals surface area contributed by atoms with Crippen molar-refractivity contribution in [3.8, 4) is 17.3 Å². The number of pyridine rings is 1. The Labute approximate surface area is 116 Å². The van der Waals surface area contributed by atoms with Crippen molar-refractivity contribution in [1.29, 1.82) is 5.26 Å². The van der Waals surface area contributed by atoms with Crippen molar-refractivity contribution in [2.24, 2.45) is 0 Å². The maximum Gasteiger partial charge on any atom is 0.0991 e. The highest BCUT2D eigenvalue weighted by Crippen LogP contribution is 2.18. The topological polar surface area (TPSA) is 65.4 Å². The van der Waals surface area contributed by atoms with Gasteiger partial charge in [-0.05, 0) is 35.9 Å². The number of rotatable bonds is 3. The van der Waals surface area contributed by atoms with E-state index in [-0.39, 0.29) is 0 Å². The van der Waals surface area contributed by atoms with E-state index in [4.69, 9.17) is 5.26 Å². The second-order valence-corrected chi connectivity index (χ2v) is 4.50. The fourth-order valence-electron chi connectivity index (χ4n) is 2.04. The average molecular weight is 260 g/mol. The first kappa shape index (κ1) is 12.1. The van der Waals surface area contributed by atoms with Crippen LogP contribution in [0.15, 0.2) is 54.9 Å². The van der Waals surface area contributed by atoms with Gasteiger partial charge in [0.05, 0.1) is 17.3 Å². The lowest BCUT2D eigenvalue weighted by molar-refractivity contribution is 0.998. The average Bonchev–Trinajstić information content (AvgIpc) is 2.97. The number of nitrogens with one attached hydrogen (secondary N) is 1. The van der Waals surface area contributed by atoms with Crippen LogP contribution in [-0.4, -0.2) is 15.2 Å². The molecule has 96 valence electrons. The van der Waals surface area contributed by atoms with Crippen molar-refractivity contribution in [1.82, 2.24) is 15.2 Å². The molecule has 0 aliphatic heterocycles. The van der Waals surface area contributed by atoms with E-state index in [1.54, 1.807) is 12.4 Å². The van der Waals surface area contributed by atoms with Crippen LogP contribution in [0.25, 0.3) is 11.3 Å². The van der Waals surface area contributed by atoms with Crippen LogP contribution in [0.5, 0.6) is 0 Å². The summed E-state index contributed by atoms with van der Waals surface area (Å²) >= 11 is 0. The molecule has 3 aromatic rings. The van der Waals surface area contributed by atoms with Crippen LogP contribution in [0, 0.1) is 11.3 Å². The molecule has 0 amide bonds. The van der Waals surface area contributed by atoms with Crippen LogP contribution >= 0.6 is 0 Å². The lowest BCUT2D eigenvalue weighted by atomic mass is 10.1. The number of aromatic nitrogens is 3. The second-order valence-electron chi connectivity index (χ2n) is 4.50. The second kappa shape index (κ2) is 5.37. The summed E-state index contributed by atoms with van der Waals surface area (Å²) in [6.07, 6.45) is 4.28. The van der Waals surface area contributed by atoms with E-state index >= 15 is 0 Å². The highest BCUT2D eigenvalue weighted by molar-refractivity contribution is 5.58. The predicted molar refractivity (Wildman–Crippen MR) is 75.8 cm³/mol. The van der Waals surface area contributed by atoms with E-state index < -0.39 is 0 Å². The van der Waals surface area contributed by atoms with Crippen molar-refractivity contribution < 1.29 is 0 Å². The SMILES string of the molecule is N#Cc1ccc(Cc2cc(-c3ccncc3)n[nH]2)cc1. The first-order valence-corrected chi connectivity index (χ1v) is 6.29. The van der Waals surface area contributed by atoms with Gasteiger partial charge in [-0.3, -0.25) is 10.1 Å². The minimum Gasteiger partial charge on any atom is -0.282 e. The zero-order valence-corrected chi connectivity index (χ0v) is 10.7.